The molecule has 0 aliphatic carbocycles. The van der Waals surface area contributed by atoms with Crippen molar-refractivity contribution in [3.63, 3.8) is 0 Å². The predicted molar refractivity (Wildman–Crippen MR) is 90.4 cm³/mol. The van der Waals surface area contributed by atoms with Crippen molar-refractivity contribution in [3.05, 3.63) is 57.2 Å². The second-order valence-electron chi connectivity index (χ2n) is 5.00. The number of hydrogen-bond donors (Lipinski definition) is 2. The first-order valence-corrected chi connectivity index (χ1v) is 7.67. The zero-order chi connectivity index (χ0) is 16.0. The average molecular weight is 325 g/mol. The van der Waals surface area contributed by atoms with Crippen molar-refractivity contribution in [3.8, 4) is 17.0 Å². The van der Waals surface area contributed by atoms with Crippen molar-refractivity contribution in [2.24, 2.45) is 0 Å². The Hall–Kier alpha value is -2.93. The van der Waals surface area contributed by atoms with Gasteiger partial charge in [-0.1, -0.05) is 12.1 Å². The van der Waals surface area contributed by atoms with Crippen LogP contribution < -0.4 is 16.0 Å². The van der Waals surface area contributed by atoms with Gasteiger partial charge in [0.1, 0.15) is 15.3 Å². The van der Waals surface area contributed by atoms with Crippen molar-refractivity contribution in [1.82, 2.24) is 15.0 Å². The average Bonchev–Trinajstić information content (AvgIpc) is 2.93. The molecule has 0 radical (unpaired) electrons. The van der Waals surface area contributed by atoms with E-state index in [0.29, 0.717) is 15.0 Å². The van der Waals surface area contributed by atoms with Gasteiger partial charge in [0.05, 0.1) is 18.3 Å². The van der Waals surface area contributed by atoms with Gasteiger partial charge in [-0.15, -0.1) is 11.3 Å². The highest BCUT2D eigenvalue weighted by Crippen LogP contribution is 2.31. The van der Waals surface area contributed by atoms with Crippen LogP contribution in [0.5, 0.6) is 5.75 Å². The van der Waals surface area contributed by atoms with E-state index in [-0.39, 0.29) is 0 Å². The van der Waals surface area contributed by atoms with Crippen molar-refractivity contribution >= 4 is 31.8 Å². The third-order valence-corrected chi connectivity index (χ3v) is 4.69. The number of pyridine rings is 1. The Balaban J connectivity index is 1.98. The summed E-state index contributed by atoms with van der Waals surface area (Å²) in [5, 5.41) is 0.764. The number of aromatic amines is 2. The van der Waals surface area contributed by atoms with Crippen molar-refractivity contribution in [1.29, 1.82) is 0 Å². The summed E-state index contributed by atoms with van der Waals surface area (Å²) in [6, 6.07) is 11.3. The lowest BCUT2D eigenvalue weighted by Gasteiger charge is -2.04. The summed E-state index contributed by atoms with van der Waals surface area (Å²) in [6.07, 6.45) is 0. The van der Waals surface area contributed by atoms with Gasteiger partial charge >= 0.3 is 5.69 Å². The number of fused-ring (bicyclic) bond motifs is 3. The molecule has 6 nitrogen and oxygen atoms in total. The fourth-order valence-electron chi connectivity index (χ4n) is 2.51. The van der Waals surface area contributed by atoms with Gasteiger partial charge in [0.15, 0.2) is 0 Å². The minimum absolute atomic E-state index is 0.394. The maximum atomic E-state index is 11.9. The van der Waals surface area contributed by atoms with Gasteiger partial charge in [-0.3, -0.25) is 9.78 Å². The van der Waals surface area contributed by atoms with Gasteiger partial charge in [0, 0.05) is 10.9 Å². The number of methoxy groups -OCH3 is 1. The third-order valence-electron chi connectivity index (χ3n) is 3.59. The fraction of sp³-hybridized carbons (Fsp3) is 0.0625. The van der Waals surface area contributed by atoms with E-state index in [1.807, 2.05) is 36.4 Å². The van der Waals surface area contributed by atoms with Crippen LogP contribution in [-0.4, -0.2) is 22.1 Å². The molecule has 0 spiro atoms. The van der Waals surface area contributed by atoms with Crippen LogP contribution in [0.1, 0.15) is 0 Å². The number of nitrogens with one attached hydrogen (secondary N) is 2. The molecule has 1 aromatic carbocycles. The molecule has 0 bridgehead atoms. The topological polar surface area (TPSA) is 87.8 Å². The highest BCUT2D eigenvalue weighted by Gasteiger charge is 2.12. The number of aromatic nitrogens is 3. The number of rotatable bonds is 2. The lowest BCUT2D eigenvalue weighted by Crippen LogP contribution is -2.20. The maximum absolute atomic E-state index is 11.9. The van der Waals surface area contributed by atoms with Crippen LogP contribution in [0.2, 0.25) is 0 Å². The summed E-state index contributed by atoms with van der Waals surface area (Å²) < 4.78 is 5.70. The normalized spacial score (nSPS) is 11.2. The molecule has 3 heterocycles. The quantitative estimate of drug-likeness (QED) is 0.593. The number of H-pyrrole nitrogens is 2. The molecule has 4 aromatic rings. The van der Waals surface area contributed by atoms with Crippen LogP contribution in [0.4, 0.5) is 0 Å². The van der Waals surface area contributed by atoms with Crippen molar-refractivity contribution < 1.29 is 4.74 Å². The monoisotopic (exact) mass is 325 g/mol. The van der Waals surface area contributed by atoms with Crippen LogP contribution >= 0.6 is 11.3 Å². The van der Waals surface area contributed by atoms with Gasteiger partial charge < -0.3 is 9.72 Å². The number of thiophene rings is 1. The molecule has 3 aromatic heterocycles. The molecular weight excluding hydrogens is 314 g/mol. The Morgan fingerprint density at radius 1 is 1.13 bits per heavy atom. The van der Waals surface area contributed by atoms with E-state index in [1.165, 1.54) is 11.3 Å². The predicted octanol–water partition coefficient (Wildman–Crippen LogP) is 2.50. The highest BCUT2D eigenvalue weighted by atomic mass is 32.1. The first kappa shape index (κ1) is 13.7. The van der Waals surface area contributed by atoms with E-state index >= 15 is 0 Å². The minimum Gasteiger partial charge on any atom is -0.497 e. The van der Waals surface area contributed by atoms with E-state index in [2.05, 4.69) is 15.0 Å². The van der Waals surface area contributed by atoms with Gasteiger partial charge in [0.2, 0.25) is 0 Å². The zero-order valence-corrected chi connectivity index (χ0v) is 12.9. The second kappa shape index (κ2) is 5.06. The van der Waals surface area contributed by atoms with Crippen molar-refractivity contribution in [2.45, 2.75) is 0 Å². The Morgan fingerprint density at radius 2 is 2.00 bits per heavy atom. The first-order valence-electron chi connectivity index (χ1n) is 6.86. The molecule has 2 N–H and O–H groups in total. The van der Waals surface area contributed by atoms with E-state index in [1.54, 1.807) is 7.11 Å². The Morgan fingerprint density at radius 3 is 2.83 bits per heavy atom. The van der Waals surface area contributed by atoms with Crippen LogP contribution in [0.3, 0.4) is 0 Å². The lowest BCUT2D eigenvalue weighted by atomic mass is 10.1. The number of benzene rings is 1. The first-order chi connectivity index (χ1) is 11.2. The molecule has 7 heteroatoms. The van der Waals surface area contributed by atoms with Crippen LogP contribution in [-0.2, 0) is 0 Å². The van der Waals surface area contributed by atoms with Crippen LogP contribution in [0, 0.1) is 0 Å². The van der Waals surface area contributed by atoms with Gasteiger partial charge in [-0.05, 0) is 24.3 Å². The molecular formula is C16H11N3O3S. The number of ether oxygens (including phenoxy) is 1. The Labute approximate surface area is 133 Å². The number of nitrogens with zero attached hydrogens (tertiary/aromatic N) is 1. The molecule has 0 saturated carbocycles. The summed E-state index contributed by atoms with van der Waals surface area (Å²) in [4.78, 5) is 33.6. The second-order valence-corrected chi connectivity index (χ2v) is 5.99. The summed E-state index contributed by atoms with van der Waals surface area (Å²) in [6.45, 7) is 0. The summed E-state index contributed by atoms with van der Waals surface area (Å²) in [7, 11) is 1.62. The molecule has 0 aliphatic heterocycles. The molecule has 23 heavy (non-hydrogen) atoms. The molecule has 0 amide bonds. The fourth-order valence-corrected chi connectivity index (χ4v) is 3.53. The maximum Gasteiger partial charge on any atom is 0.326 e. The minimum atomic E-state index is -0.515. The standard InChI is InChI=1S/C16H11N3O3S/c1-22-9-4-2-3-8(7-9)11-6-5-10-12-13(23-15(10)17-11)14(20)19-16(21)18-12/h2-7H,1H3,(H2,18,19,20,21). The molecule has 0 aliphatic rings. The van der Waals surface area contributed by atoms with Crippen LogP contribution in [0.25, 0.3) is 31.7 Å². The third kappa shape index (κ3) is 2.22. The zero-order valence-electron chi connectivity index (χ0n) is 12.0. The van der Waals surface area contributed by atoms with Gasteiger partial charge in [0.25, 0.3) is 5.56 Å². The smallest absolute Gasteiger partial charge is 0.326 e. The summed E-state index contributed by atoms with van der Waals surface area (Å²) in [5.41, 5.74) is 1.32. The van der Waals surface area contributed by atoms with E-state index in [9.17, 15) is 9.59 Å². The molecule has 0 unspecified atom stereocenters. The lowest BCUT2D eigenvalue weighted by molar-refractivity contribution is 0.415. The molecule has 114 valence electrons. The Kier molecular flexibility index (Phi) is 3.02. The Bertz CT molecular complexity index is 1160. The van der Waals surface area contributed by atoms with Crippen LogP contribution in [0.15, 0.2) is 46.0 Å². The SMILES string of the molecule is COc1cccc(-c2ccc3c(n2)sc2c(=O)[nH]c(=O)[nH]c23)c1. The van der Waals surface area contributed by atoms with E-state index in [0.717, 1.165) is 22.4 Å². The van der Waals surface area contributed by atoms with Gasteiger partial charge in [-0.25, -0.2) is 9.78 Å². The van der Waals surface area contributed by atoms with Crippen molar-refractivity contribution in [2.75, 3.05) is 7.11 Å². The largest absolute Gasteiger partial charge is 0.497 e. The van der Waals surface area contributed by atoms with E-state index in [4.69, 9.17) is 4.74 Å². The van der Waals surface area contributed by atoms with E-state index < -0.39 is 11.2 Å². The summed E-state index contributed by atoms with van der Waals surface area (Å²) in [5.74, 6) is 0.751. The summed E-state index contributed by atoms with van der Waals surface area (Å²) >= 11 is 1.26. The molecule has 0 atom stereocenters. The van der Waals surface area contributed by atoms with Gasteiger partial charge in [-0.2, -0.15) is 0 Å². The molecule has 0 fully saturated rings. The number of hydrogen-bond acceptors (Lipinski definition) is 5. The molecule has 4 rings (SSSR count). The molecule has 0 saturated heterocycles. The highest BCUT2D eigenvalue weighted by molar-refractivity contribution is 7.25.